The fraction of sp³-hybridized carbons (Fsp3) is 1.00. The van der Waals surface area contributed by atoms with Crippen molar-refractivity contribution in [3.8, 4) is 0 Å². The van der Waals surface area contributed by atoms with Gasteiger partial charge in [-0.1, -0.05) is 20.3 Å². The minimum Gasteiger partial charge on any atom is -0.377 e. The molecule has 0 spiro atoms. The van der Waals surface area contributed by atoms with Crippen LogP contribution < -0.4 is 5.32 Å². The van der Waals surface area contributed by atoms with E-state index in [0.29, 0.717) is 13.0 Å². The van der Waals surface area contributed by atoms with Crippen molar-refractivity contribution in [3.63, 3.8) is 0 Å². The van der Waals surface area contributed by atoms with Crippen LogP contribution in [0.4, 0.5) is 0 Å². The second kappa shape index (κ2) is 5.34. The minimum atomic E-state index is -3.13. The standard InChI is InChI=1S/C14H27NO3S/c1-10-11(7-9-18-10)19(16,17)12-6-5-8-14(2,3)13(12)15-4/h10-13,15H,5-9H2,1-4H3. The lowest BCUT2D eigenvalue weighted by atomic mass is 9.73. The zero-order chi connectivity index (χ0) is 14.3. The van der Waals surface area contributed by atoms with Crippen LogP contribution in [0, 0.1) is 5.41 Å². The maximum Gasteiger partial charge on any atom is 0.160 e. The van der Waals surface area contributed by atoms with Gasteiger partial charge in [-0.25, -0.2) is 8.42 Å². The summed E-state index contributed by atoms with van der Waals surface area (Å²) in [4.78, 5) is 0. The van der Waals surface area contributed by atoms with E-state index in [4.69, 9.17) is 4.74 Å². The van der Waals surface area contributed by atoms with Crippen LogP contribution in [0.1, 0.15) is 46.5 Å². The molecule has 1 saturated carbocycles. The summed E-state index contributed by atoms with van der Waals surface area (Å²) in [5.41, 5.74) is 0.0352. The molecule has 5 heteroatoms. The van der Waals surface area contributed by atoms with E-state index in [1.54, 1.807) is 0 Å². The Bertz CT molecular complexity index is 418. The molecule has 1 N–H and O–H groups in total. The Kier molecular flexibility index (Phi) is 4.29. The predicted molar refractivity (Wildman–Crippen MR) is 77.0 cm³/mol. The second-order valence-electron chi connectivity index (χ2n) is 6.68. The molecule has 1 saturated heterocycles. The number of hydrogen-bond donors (Lipinski definition) is 1. The molecule has 112 valence electrons. The molecular weight excluding hydrogens is 262 g/mol. The van der Waals surface area contributed by atoms with E-state index < -0.39 is 9.84 Å². The smallest absolute Gasteiger partial charge is 0.160 e. The van der Waals surface area contributed by atoms with Crippen LogP contribution >= 0.6 is 0 Å². The molecule has 0 aromatic carbocycles. The highest BCUT2D eigenvalue weighted by atomic mass is 32.2. The first-order valence-electron chi connectivity index (χ1n) is 7.32. The van der Waals surface area contributed by atoms with Crippen LogP contribution in [-0.4, -0.2) is 44.7 Å². The quantitative estimate of drug-likeness (QED) is 0.860. The average Bonchev–Trinajstić information content (AvgIpc) is 2.74. The molecule has 1 aliphatic carbocycles. The Morgan fingerprint density at radius 2 is 1.89 bits per heavy atom. The molecule has 0 amide bonds. The highest BCUT2D eigenvalue weighted by molar-refractivity contribution is 7.92. The lowest BCUT2D eigenvalue weighted by Gasteiger charge is -2.44. The van der Waals surface area contributed by atoms with Gasteiger partial charge >= 0.3 is 0 Å². The van der Waals surface area contributed by atoms with Gasteiger partial charge in [0.1, 0.15) is 0 Å². The van der Waals surface area contributed by atoms with Crippen molar-refractivity contribution in [1.29, 1.82) is 0 Å². The maximum atomic E-state index is 12.9. The Labute approximate surface area is 117 Å². The largest absolute Gasteiger partial charge is 0.377 e. The van der Waals surface area contributed by atoms with Gasteiger partial charge in [0.05, 0.1) is 16.6 Å². The molecule has 2 fully saturated rings. The van der Waals surface area contributed by atoms with Gasteiger partial charge in [-0.15, -0.1) is 0 Å². The van der Waals surface area contributed by atoms with Gasteiger partial charge in [0, 0.05) is 12.6 Å². The number of sulfone groups is 1. The van der Waals surface area contributed by atoms with Crippen molar-refractivity contribution in [1.82, 2.24) is 5.32 Å². The second-order valence-corrected chi connectivity index (χ2v) is 9.07. The fourth-order valence-electron chi connectivity index (χ4n) is 3.88. The highest BCUT2D eigenvalue weighted by Crippen LogP contribution is 2.40. The van der Waals surface area contributed by atoms with Crippen LogP contribution in [0.3, 0.4) is 0 Å². The van der Waals surface area contributed by atoms with E-state index in [2.05, 4.69) is 19.2 Å². The molecule has 2 rings (SSSR count). The van der Waals surface area contributed by atoms with Gasteiger partial charge < -0.3 is 10.1 Å². The molecule has 1 heterocycles. The van der Waals surface area contributed by atoms with Crippen molar-refractivity contribution in [2.75, 3.05) is 13.7 Å². The summed E-state index contributed by atoms with van der Waals surface area (Å²) in [6.07, 6.45) is 3.35. The van der Waals surface area contributed by atoms with Gasteiger partial charge in [-0.2, -0.15) is 0 Å². The van der Waals surface area contributed by atoms with E-state index in [9.17, 15) is 8.42 Å². The van der Waals surface area contributed by atoms with Gasteiger partial charge in [-0.05, 0) is 38.6 Å². The minimum absolute atomic E-state index is 0.0352. The predicted octanol–water partition coefficient (Wildman–Crippen LogP) is 1.75. The fourth-order valence-corrected chi connectivity index (χ4v) is 6.75. The van der Waals surface area contributed by atoms with Crippen LogP contribution in [-0.2, 0) is 14.6 Å². The van der Waals surface area contributed by atoms with E-state index in [0.717, 1.165) is 19.3 Å². The van der Waals surface area contributed by atoms with E-state index in [-0.39, 0.29) is 28.1 Å². The van der Waals surface area contributed by atoms with Crippen molar-refractivity contribution in [2.24, 2.45) is 5.41 Å². The van der Waals surface area contributed by atoms with Gasteiger partial charge in [0.15, 0.2) is 9.84 Å². The zero-order valence-electron chi connectivity index (χ0n) is 12.5. The van der Waals surface area contributed by atoms with E-state index >= 15 is 0 Å². The molecule has 0 aromatic heterocycles. The molecule has 0 aromatic rings. The molecular formula is C14H27NO3S. The summed E-state index contributed by atoms with van der Waals surface area (Å²) in [6.45, 7) is 6.80. The van der Waals surface area contributed by atoms with Crippen LogP contribution in [0.5, 0.6) is 0 Å². The summed E-state index contributed by atoms with van der Waals surface area (Å²) in [7, 11) is -1.25. The SMILES string of the molecule is CNC1C(S(=O)(=O)C2CCOC2C)CCCC1(C)C. The molecule has 19 heavy (non-hydrogen) atoms. The third-order valence-corrected chi connectivity index (χ3v) is 7.80. The third kappa shape index (κ3) is 2.69. The average molecular weight is 289 g/mol. The number of rotatable bonds is 3. The lowest BCUT2D eigenvalue weighted by Crippen LogP contribution is -2.56. The summed E-state index contributed by atoms with van der Waals surface area (Å²) < 4.78 is 31.3. The van der Waals surface area contributed by atoms with Crippen molar-refractivity contribution >= 4 is 9.84 Å². The van der Waals surface area contributed by atoms with Crippen molar-refractivity contribution in [3.05, 3.63) is 0 Å². The summed E-state index contributed by atoms with van der Waals surface area (Å²) in [5, 5.41) is 2.68. The Balaban J connectivity index is 2.28. The summed E-state index contributed by atoms with van der Waals surface area (Å²) >= 11 is 0. The maximum absolute atomic E-state index is 12.9. The summed E-state index contributed by atoms with van der Waals surface area (Å²) in [6, 6.07) is 0.0408. The lowest BCUT2D eigenvalue weighted by molar-refractivity contribution is 0.125. The molecule has 4 atom stereocenters. The molecule has 4 unspecified atom stereocenters. The zero-order valence-corrected chi connectivity index (χ0v) is 13.3. The van der Waals surface area contributed by atoms with Crippen molar-refractivity contribution in [2.45, 2.75) is 69.1 Å². The van der Waals surface area contributed by atoms with Gasteiger partial charge in [0.2, 0.25) is 0 Å². The first-order valence-corrected chi connectivity index (χ1v) is 8.93. The first kappa shape index (κ1) is 15.3. The molecule has 1 aliphatic heterocycles. The third-order valence-electron chi connectivity index (χ3n) is 4.99. The molecule has 4 nitrogen and oxygen atoms in total. The number of nitrogens with one attached hydrogen (secondary N) is 1. The normalized spacial score (nSPS) is 39.4. The first-order chi connectivity index (χ1) is 8.80. The van der Waals surface area contributed by atoms with Crippen LogP contribution in [0.15, 0.2) is 0 Å². The molecule has 0 radical (unpaired) electrons. The Hall–Kier alpha value is -0.130. The van der Waals surface area contributed by atoms with Gasteiger partial charge in [-0.3, -0.25) is 0 Å². The van der Waals surface area contributed by atoms with Gasteiger partial charge in [0.25, 0.3) is 0 Å². The molecule has 2 aliphatic rings. The number of hydrogen-bond acceptors (Lipinski definition) is 4. The monoisotopic (exact) mass is 289 g/mol. The van der Waals surface area contributed by atoms with E-state index in [1.807, 2.05) is 14.0 Å². The Morgan fingerprint density at radius 3 is 2.42 bits per heavy atom. The Morgan fingerprint density at radius 1 is 1.21 bits per heavy atom. The van der Waals surface area contributed by atoms with Crippen molar-refractivity contribution < 1.29 is 13.2 Å². The van der Waals surface area contributed by atoms with Crippen LogP contribution in [0.2, 0.25) is 0 Å². The molecule has 0 bridgehead atoms. The highest BCUT2D eigenvalue weighted by Gasteiger charge is 2.49. The number of ether oxygens (including phenoxy) is 1. The topological polar surface area (TPSA) is 55.4 Å². The van der Waals surface area contributed by atoms with E-state index in [1.165, 1.54) is 0 Å². The van der Waals surface area contributed by atoms with Crippen LogP contribution in [0.25, 0.3) is 0 Å². The summed E-state index contributed by atoms with van der Waals surface area (Å²) in [5.74, 6) is 0.